The van der Waals surface area contributed by atoms with Crippen molar-refractivity contribution < 1.29 is 14.6 Å². The summed E-state index contributed by atoms with van der Waals surface area (Å²) in [5.41, 5.74) is 1.35. The molecule has 0 bridgehead atoms. The summed E-state index contributed by atoms with van der Waals surface area (Å²) in [5, 5.41) is 12.8. The van der Waals surface area contributed by atoms with Gasteiger partial charge in [-0.25, -0.2) is 0 Å². The Morgan fingerprint density at radius 3 is 2.83 bits per heavy atom. The second kappa shape index (κ2) is 9.37. The van der Waals surface area contributed by atoms with Crippen molar-refractivity contribution in [3.63, 3.8) is 0 Å². The van der Waals surface area contributed by atoms with Gasteiger partial charge in [0.25, 0.3) is 0 Å². The summed E-state index contributed by atoms with van der Waals surface area (Å²) < 4.78 is 5.28. The smallest absolute Gasteiger partial charge is 0.220 e. The average Bonchev–Trinajstić information content (AvgIpc) is 2.84. The van der Waals surface area contributed by atoms with E-state index in [1.54, 1.807) is 0 Å². The van der Waals surface area contributed by atoms with Crippen molar-refractivity contribution >= 4 is 17.2 Å². The molecule has 0 spiro atoms. The van der Waals surface area contributed by atoms with E-state index in [1.807, 2.05) is 11.3 Å². The summed E-state index contributed by atoms with van der Waals surface area (Å²) >= 11 is 1.81. The van der Waals surface area contributed by atoms with E-state index >= 15 is 0 Å². The molecular weight excluding hydrogens is 312 g/mol. The molecule has 0 aliphatic carbocycles. The van der Waals surface area contributed by atoms with Crippen LogP contribution in [0.3, 0.4) is 0 Å². The third-order valence-electron chi connectivity index (χ3n) is 4.10. The van der Waals surface area contributed by atoms with Crippen LogP contribution in [0.15, 0.2) is 6.07 Å². The molecular formula is C17H28N2O3S. The number of aryl methyl sites for hydroxylation is 3. The van der Waals surface area contributed by atoms with E-state index in [2.05, 4.69) is 30.1 Å². The standard InChI is InChI=1S/C17H28N2O3S/c1-13-10-15(14(2)23-13)4-3-5-17(21)18-11-16(20)12-19-6-8-22-9-7-19/h10,16,20H,3-9,11-12H2,1-2H3,(H,18,21). The minimum Gasteiger partial charge on any atom is -0.390 e. The monoisotopic (exact) mass is 340 g/mol. The fraction of sp³-hybridized carbons (Fsp3) is 0.706. The Kier molecular flexibility index (Phi) is 7.49. The Hall–Kier alpha value is -0.950. The first-order chi connectivity index (χ1) is 11.0. The highest BCUT2D eigenvalue weighted by molar-refractivity contribution is 7.12. The lowest BCUT2D eigenvalue weighted by atomic mass is 10.1. The van der Waals surface area contributed by atoms with Crippen LogP contribution in [0, 0.1) is 13.8 Å². The van der Waals surface area contributed by atoms with Gasteiger partial charge in [-0.15, -0.1) is 11.3 Å². The van der Waals surface area contributed by atoms with E-state index in [1.165, 1.54) is 15.3 Å². The molecule has 0 saturated carbocycles. The second-order valence-corrected chi connectivity index (χ2v) is 7.62. The quantitative estimate of drug-likeness (QED) is 0.753. The predicted octanol–water partition coefficient (Wildman–Crippen LogP) is 1.50. The number of thiophene rings is 1. The van der Waals surface area contributed by atoms with Gasteiger partial charge in [-0.05, 0) is 38.3 Å². The third kappa shape index (κ3) is 6.59. The van der Waals surface area contributed by atoms with Crippen molar-refractivity contribution in [2.24, 2.45) is 0 Å². The fourth-order valence-corrected chi connectivity index (χ4v) is 3.81. The number of nitrogens with zero attached hydrogens (tertiary/aromatic N) is 1. The molecule has 1 fully saturated rings. The first kappa shape index (κ1) is 18.4. The highest BCUT2D eigenvalue weighted by Gasteiger charge is 2.15. The molecule has 1 atom stereocenters. The maximum Gasteiger partial charge on any atom is 0.220 e. The Morgan fingerprint density at radius 2 is 2.17 bits per heavy atom. The molecule has 0 aromatic carbocycles. The molecule has 2 N–H and O–H groups in total. The van der Waals surface area contributed by atoms with Crippen LogP contribution in [-0.2, 0) is 16.0 Å². The molecule has 6 heteroatoms. The summed E-state index contributed by atoms with van der Waals surface area (Å²) in [6, 6.07) is 2.21. The number of hydrogen-bond donors (Lipinski definition) is 2. The maximum atomic E-state index is 11.9. The van der Waals surface area contributed by atoms with Gasteiger partial charge in [-0.1, -0.05) is 0 Å². The zero-order valence-corrected chi connectivity index (χ0v) is 15.0. The molecule has 1 amide bonds. The molecule has 1 aliphatic heterocycles. The number of β-amino-alcohol motifs (C(OH)–C–C–N with tert-alkyl or cyclic N) is 1. The number of carbonyl (C=O) groups excluding carboxylic acids is 1. The Morgan fingerprint density at radius 1 is 1.43 bits per heavy atom. The van der Waals surface area contributed by atoms with E-state index in [0.717, 1.165) is 39.1 Å². The number of ether oxygens (including phenoxy) is 1. The molecule has 2 heterocycles. The minimum atomic E-state index is -0.515. The van der Waals surface area contributed by atoms with Gasteiger partial charge in [-0.2, -0.15) is 0 Å². The first-order valence-electron chi connectivity index (χ1n) is 8.35. The lowest BCUT2D eigenvalue weighted by Gasteiger charge is -2.28. The van der Waals surface area contributed by atoms with E-state index in [-0.39, 0.29) is 5.91 Å². The van der Waals surface area contributed by atoms with Crippen molar-refractivity contribution in [3.05, 3.63) is 21.4 Å². The summed E-state index contributed by atoms with van der Waals surface area (Å²) in [6.45, 7) is 8.32. The second-order valence-electron chi connectivity index (χ2n) is 6.16. The van der Waals surface area contributed by atoms with Crippen molar-refractivity contribution in [3.8, 4) is 0 Å². The summed E-state index contributed by atoms with van der Waals surface area (Å²) in [4.78, 5) is 16.7. The van der Waals surface area contributed by atoms with Crippen LogP contribution in [0.25, 0.3) is 0 Å². The van der Waals surface area contributed by atoms with Crippen LogP contribution in [0.1, 0.15) is 28.2 Å². The van der Waals surface area contributed by atoms with Gasteiger partial charge in [0.1, 0.15) is 0 Å². The Bertz CT molecular complexity index is 498. The number of amides is 1. The van der Waals surface area contributed by atoms with Gasteiger partial charge in [-0.3, -0.25) is 9.69 Å². The van der Waals surface area contributed by atoms with Crippen LogP contribution >= 0.6 is 11.3 Å². The number of nitrogens with one attached hydrogen (secondary N) is 1. The lowest BCUT2D eigenvalue weighted by molar-refractivity contribution is -0.121. The Labute approximate surface area is 142 Å². The van der Waals surface area contributed by atoms with Crippen molar-refractivity contribution in [1.29, 1.82) is 0 Å². The van der Waals surface area contributed by atoms with E-state index in [9.17, 15) is 9.90 Å². The van der Waals surface area contributed by atoms with Gasteiger partial charge in [0.2, 0.25) is 5.91 Å². The molecule has 1 unspecified atom stereocenters. The summed E-state index contributed by atoms with van der Waals surface area (Å²) in [7, 11) is 0. The van der Waals surface area contributed by atoms with Gasteiger partial charge >= 0.3 is 0 Å². The molecule has 1 aromatic heterocycles. The summed E-state index contributed by atoms with van der Waals surface area (Å²) in [5.74, 6) is 0.0237. The van der Waals surface area contributed by atoms with Gasteiger partial charge in [0.15, 0.2) is 0 Å². The van der Waals surface area contributed by atoms with Gasteiger partial charge < -0.3 is 15.2 Å². The molecule has 1 aliphatic rings. The average molecular weight is 340 g/mol. The molecule has 2 rings (SSSR count). The van der Waals surface area contributed by atoms with Crippen molar-refractivity contribution in [1.82, 2.24) is 10.2 Å². The molecule has 5 nitrogen and oxygen atoms in total. The molecule has 130 valence electrons. The zero-order chi connectivity index (χ0) is 16.7. The number of aliphatic hydroxyl groups is 1. The van der Waals surface area contributed by atoms with Gasteiger partial charge in [0, 0.05) is 42.4 Å². The largest absolute Gasteiger partial charge is 0.390 e. The lowest BCUT2D eigenvalue weighted by Crippen LogP contribution is -2.44. The van der Waals surface area contributed by atoms with E-state index < -0.39 is 6.10 Å². The fourth-order valence-electron chi connectivity index (χ4n) is 2.84. The highest BCUT2D eigenvalue weighted by atomic mass is 32.1. The predicted molar refractivity (Wildman–Crippen MR) is 93.0 cm³/mol. The normalized spacial score (nSPS) is 17.2. The summed E-state index contributed by atoms with van der Waals surface area (Å²) in [6.07, 6.45) is 1.79. The number of carbonyl (C=O) groups is 1. The third-order valence-corrected chi connectivity index (χ3v) is 5.11. The minimum absolute atomic E-state index is 0.0237. The van der Waals surface area contributed by atoms with E-state index in [0.29, 0.717) is 19.5 Å². The van der Waals surface area contributed by atoms with Crippen LogP contribution in [-0.4, -0.2) is 61.4 Å². The SMILES string of the molecule is Cc1cc(CCCC(=O)NCC(O)CN2CCOCC2)c(C)s1. The maximum absolute atomic E-state index is 11.9. The van der Waals surface area contributed by atoms with Crippen molar-refractivity contribution in [2.45, 2.75) is 39.2 Å². The zero-order valence-electron chi connectivity index (χ0n) is 14.1. The van der Waals surface area contributed by atoms with Crippen LogP contribution in [0.5, 0.6) is 0 Å². The topological polar surface area (TPSA) is 61.8 Å². The van der Waals surface area contributed by atoms with Crippen LogP contribution in [0.2, 0.25) is 0 Å². The van der Waals surface area contributed by atoms with Crippen LogP contribution in [0.4, 0.5) is 0 Å². The Balaban J connectivity index is 1.58. The molecule has 23 heavy (non-hydrogen) atoms. The number of aliphatic hydroxyl groups excluding tert-OH is 1. The number of hydrogen-bond acceptors (Lipinski definition) is 5. The molecule has 1 aromatic rings. The van der Waals surface area contributed by atoms with Crippen LogP contribution < -0.4 is 5.32 Å². The number of morpholine rings is 1. The molecule has 0 radical (unpaired) electrons. The van der Waals surface area contributed by atoms with Crippen molar-refractivity contribution in [2.75, 3.05) is 39.4 Å². The molecule has 1 saturated heterocycles. The van der Waals surface area contributed by atoms with Gasteiger partial charge in [0.05, 0.1) is 19.3 Å². The first-order valence-corrected chi connectivity index (χ1v) is 9.17. The van der Waals surface area contributed by atoms with E-state index in [4.69, 9.17) is 4.74 Å². The highest BCUT2D eigenvalue weighted by Crippen LogP contribution is 2.22. The number of rotatable bonds is 8.